The fraction of sp³-hybridized carbons (Fsp3) is 0.231. The first-order valence-electron chi connectivity index (χ1n) is 10.6. The van der Waals surface area contributed by atoms with E-state index in [4.69, 9.17) is 9.47 Å². The molecule has 4 rings (SSSR count). The lowest BCUT2D eigenvalue weighted by molar-refractivity contribution is 0.106. The molecule has 0 saturated carbocycles. The van der Waals surface area contributed by atoms with Crippen molar-refractivity contribution in [2.45, 2.75) is 12.0 Å². The molecule has 166 valence electrons. The fourth-order valence-electron chi connectivity index (χ4n) is 3.80. The van der Waals surface area contributed by atoms with E-state index in [1.807, 2.05) is 42.5 Å². The largest absolute Gasteiger partial charge is 0.497 e. The first-order chi connectivity index (χ1) is 15.6. The summed E-state index contributed by atoms with van der Waals surface area (Å²) in [5.41, 5.74) is 3.52. The van der Waals surface area contributed by atoms with Crippen molar-refractivity contribution in [1.29, 1.82) is 0 Å². The summed E-state index contributed by atoms with van der Waals surface area (Å²) >= 11 is 3.41. The minimum Gasteiger partial charge on any atom is -0.497 e. The fourth-order valence-corrected chi connectivity index (χ4v) is 4.07. The van der Waals surface area contributed by atoms with Crippen LogP contribution in [-0.4, -0.2) is 43.0 Å². The molecule has 0 aliphatic rings. The van der Waals surface area contributed by atoms with Crippen LogP contribution in [0.5, 0.6) is 11.5 Å². The molecule has 32 heavy (non-hydrogen) atoms. The van der Waals surface area contributed by atoms with Crippen molar-refractivity contribution in [3.8, 4) is 11.5 Å². The Labute approximate surface area is 196 Å². The van der Waals surface area contributed by atoms with E-state index in [0.717, 1.165) is 21.5 Å². The Morgan fingerprint density at radius 1 is 0.938 bits per heavy atom. The average Bonchev–Trinajstić information content (AvgIpc) is 3.25. The van der Waals surface area contributed by atoms with Gasteiger partial charge < -0.3 is 24.9 Å². The highest BCUT2D eigenvalue weighted by Gasteiger charge is 2.19. The highest BCUT2D eigenvalue weighted by atomic mass is 79.9. The molecule has 0 spiro atoms. The summed E-state index contributed by atoms with van der Waals surface area (Å²) in [7, 11) is 1.67. The molecule has 1 heterocycles. The SMILES string of the molecule is COc1ccc([C@@H](CNC[C@@H](O)COc2ccc(Br)cc2)c2c[nH]c3ccccc23)cc1. The quantitative estimate of drug-likeness (QED) is 0.287. The van der Waals surface area contributed by atoms with E-state index >= 15 is 0 Å². The highest BCUT2D eigenvalue weighted by Crippen LogP contribution is 2.31. The van der Waals surface area contributed by atoms with E-state index in [2.05, 4.69) is 62.8 Å². The zero-order valence-electron chi connectivity index (χ0n) is 17.9. The van der Waals surface area contributed by atoms with E-state index < -0.39 is 6.10 Å². The second kappa shape index (κ2) is 10.7. The second-order valence-electron chi connectivity index (χ2n) is 7.69. The van der Waals surface area contributed by atoms with Crippen LogP contribution in [0.4, 0.5) is 0 Å². The van der Waals surface area contributed by atoms with Crippen LogP contribution >= 0.6 is 15.9 Å². The van der Waals surface area contributed by atoms with Crippen LogP contribution in [0.15, 0.2) is 83.5 Å². The van der Waals surface area contributed by atoms with E-state index in [1.54, 1.807) is 7.11 Å². The molecule has 0 amide bonds. The van der Waals surface area contributed by atoms with Crippen LogP contribution in [0.1, 0.15) is 17.0 Å². The van der Waals surface area contributed by atoms with Crippen molar-refractivity contribution in [1.82, 2.24) is 10.3 Å². The van der Waals surface area contributed by atoms with Gasteiger partial charge in [-0.25, -0.2) is 0 Å². The molecule has 0 radical (unpaired) electrons. The molecule has 5 nitrogen and oxygen atoms in total. The second-order valence-corrected chi connectivity index (χ2v) is 8.61. The Kier molecular flexibility index (Phi) is 7.47. The van der Waals surface area contributed by atoms with E-state index in [1.165, 1.54) is 16.5 Å². The number of hydrogen-bond acceptors (Lipinski definition) is 4. The summed E-state index contributed by atoms with van der Waals surface area (Å²) in [5, 5.41) is 15.0. The lowest BCUT2D eigenvalue weighted by Gasteiger charge is -2.20. The van der Waals surface area contributed by atoms with E-state index in [9.17, 15) is 5.11 Å². The third-order valence-electron chi connectivity index (χ3n) is 5.50. The maximum absolute atomic E-state index is 10.4. The average molecular weight is 495 g/mol. The molecule has 0 saturated heterocycles. The van der Waals surface area contributed by atoms with Gasteiger partial charge in [0.2, 0.25) is 0 Å². The van der Waals surface area contributed by atoms with Crippen molar-refractivity contribution in [3.63, 3.8) is 0 Å². The van der Waals surface area contributed by atoms with Crippen molar-refractivity contribution < 1.29 is 14.6 Å². The first-order valence-corrected chi connectivity index (χ1v) is 11.4. The van der Waals surface area contributed by atoms with Crippen molar-refractivity contribution in [3.05, 3.63) is 94.6 Å². The van der Waals surface area contributed by atoms with Gasteiger partial charge in [-0.15, -0.1) is 0 Å². The molecule has 0 aliphatic heterocycles. The predicted molar refractivity (Wildman–Crippen MR) is 132 cm³/mol. The standard InChI is InChI=1S/C26H27BrN2O3/c1-31-21-10-6-18(7-11-21)24(25-16-29-26-5-3-2-4-23(25)26)15-28-14-20(30)17-32-22-12-8-19(27)9-13-22/h2-13,16,20,24,28-30H,14-15,17H2,1H3/t20-,24-/m1/s1. The number of aliphatic hydroxyl groups is 1. The van der Waals surface area contributed by atoms with Gasteiger partial charge in [-0.3, -0.25) is 0 Å². The lowest BCUT2D eigenvalue weighted by atomic mass is 9.90. The molecule has 6 heteroatoms. The van der Waals surface area contributed by atoms with Gasteiger partial charge in [0.15, 0.2) is 0 Å². The van der Waals surface area contributed by atoms with Gasteiger partial charge in [0.25, 0.3) is 0 Å². The number of nitrogens with one attached hydrogen (secondary N) is 2. The van der Waals surface area contributed by atoms with Crippen LogP contribution in [-0.2, 0) is 0 Å². The van der Waals surface area contributed by atoms with Gasteiger partial charge in [0, 0.05) is 40.6 Å². The number of ether oxygens (including phenoxy) is 2. The highest BCUT2D eigenvalue weighted by molar-refractivity contribution is 9.10. The van der Waals surface area contributed by atoms with Gasteiger partial charge in [-0.2, -0.15) is 0 Å². The molecule has 2 atom stereocenters. The number of aliphatic hydroxyl groups excluding tert-OH is 1. The Morgan fingerprint density at radius 2 is 1.66 bits per heavy atom. The van der Waals surface area contributed by atoms with Gasteiger partial charge in [-0.1, -0.05) is 46.3 Å². The third kappa shape index (κ3) is 5.51. The normalized spacial score (nSPS) is 13.1. The molecule has 0 unspecified atom stereocenters. The smallest absolute Gasteiger partial charge is 0.119 e. The summed E-state index contributed by atoms with van der Waals surface area (Å²) in [6.45, 7) is 1.35. The van der Waals surface area contributed by atoms with Gasteiger partial charge in [-0.05, 0) is 53.6 Å². The van der Waals surface area contributed by atoms with Crippen LogP contribution < -0.4 is 14.8 Å². The molecular weight excluding hydrogens is 468 g/mol. The van der Waals surface area contributed by atoms with Crippen LogP contribution in [0.25, 0.3) is 10.9 Å². The van der Waals surface area contributed by atoms with Crippen LogP contribution in [0.3, 0.4) is 0 Å². The molecule has 0 bridgehead atoms. The maximum Gasteiger partial charge on any atom is 0.119 e. The number of para-hydroxylation sites is 1. The third-order valence-corrected chi connectivity index (χ3v) is 6.03. The Hall–Kier alpha value is -2.80. The van der Waals surface area contributed by atoms with E-state index in [0.29, 0.717) is 13.1 Å². The minimum atomic E-state index is -0.613. The molecule has 4 aromatic rings. The lowest BCUT2D eigenvalue weighted by Crippen LogP contribution is -2.34. The monoisotopic (exact) mass is 494 g/mol. The van der Waals surface area contributed by atoms with Crippen LogP contribution in [0, 0.1) is 0 Å². The van der Waals surface area contributed by atoms with Gasteiger partial charge in [0.05, 0.1) is 7.11 Å². The van der Waals surface area contributed by atoms with Crippen molar-refractivity contribution in [2.24, 2.45) is 0 Å². The van der Waals surface area contributed by atoms with Crippen molar-refractivity contribution in [2.75, 3.05) is 26.8 Å². The molecule has 3 N–H and O–H groups in total. The number of hydrogen-bond donors (Lipinski definition) is 3. The predicted octanol–water partition coefficient (Wildman–Crippen LogP) is 5.10. The zero-order chi connectivity index (χ0) is 22.3. The summed E-state index contributed by atoms with van der Waals surface area (Å²) in [5.74, 6) is 1.69. The summed E-state index contributed by atoms with van der Waals surface area (Å²) < 4.78 is 12.0. The summed E-state index contributed by atoms with van der Waals surface area (Å²) in [6, 6.07) is 24.1. The Morgan fingerprint density at radius 3 is 2.41 bits per heavy atom. The number of aromatic amines is 1. The molecule has 1 aromatic heterocycles. The molecular formula is C26H27BrN2O3. The number of halogens is 1. The maximum atomic E-state index is 10.4. The Balaban J connectivity index is 1.42. The van der Waals surface area contributed by atoms with Gasteiger partial charge in [0.1, 0.15) is 24.2 Å². The van der Waals surface area contributed by atoms with Crippen molar-refractivity contribution >= 4 is 26.8 Å². The number of methoxy groups -OCH3 is 1. The number of benzene rings is 3. The van der Waals surface area contributed by atoms with Gasteiger partial charge >= 0.3 is 0 Å². The molecule has 0 aliphatic carbocycles. The Bertz CT molecular complexity index is 1130. The number of aromatic nitrogens is 1. The number of rotatable bonds is 10. The zero-order valence-corrected chi connectivity index (χ0v) is 19.5. The van der Waals surface area contributed by atoms with E-state index in [-0.39, 0.29) is 12.5 Å². The molecule has 0 fully saturated rings. The summed E-state index contributed by atoms with van der Waals surface area (Å²) in [4.78, 5) is 3.38. The number of fused-ring (bicyclic) bond motifs is 1. The summed E-state index contributed by atoms with van der Waals surface area (Å²) in [6.07, 6.45) is 1.46. The first kappa shape index (κ1) is 22.4. The minimum absolute atomic E-state index is 0.122. The molecule has 3 aromatic carbocycles. The number of H-pyrrole nitrogens is 1. The topological polar surface area (TPSA) is 66.5 Å². The van der Waals surface area contributed by atoms with Crippen LogP contribution in [0.2, 0.25) is 0 Å².